The summed E-state index contributed by atoms with van der Waals surface area (Å²) in [6.45, 7) is 5.01. The van der Waals surface area contributed by atoms with E-state index in [9.17, 15) is 9.59 Å². The number of esters is 1. The molecule has 1 amide bonds. The lowest BCUT2D eigenvalue weighted by atomic mass is 10.0. The Labute approximate surface area is 198 Å². The summed E-state index contributed by atoms with van der Waals surface area (Å²) in [7, 11) is 0. The highest BCUT2D eigenvalue weighted by Crippen LogP contribution is 2.21. The molecule has 4 rings (SSSR count). The molecule has 0 spiro atoms. The Kier molecular flexibility index (Phi) is 6.57. The van der Waals surface area contributed by atoms with E-state index in [1.165, 1.54) is 6.08 Å². The van der Waals surface area contributed by atoms with Crippen molar-refractivity contribution in [1.29, 1.82) is 0 Å². The Bertz CT molecular complexity index is 1310. The number of morpholine rings is 1. The standard InChI is InChI=1S/C26H25N5O3/c1-4-18-7-5-8-20(13-18)29-25-27-15-19-14-21(10-11-22(19)30-25)28-23(32)9-6-12-31-16-24(33)34-17-26(31,2)3/h1,5-11,13-15H,12,16-17H2,2-3H3,(H,28,32)(H,27,29,30). The van der Waals surface area contributed by atoms with Gasteiger partial charge in [-0.15, -0.1) is 6.42 Å². The number of anilines is 3. The number of rotatable bonds is 6. The summed E-state index contributed by atoms with van der Waals surface area (Å²) in [4.78, 5) is 34.8. The quantitative estimate of drug-likeness (QED) is 0.334. The van der Waals surface area contributed by atoms with Crippen molar-refractivity contribution in [2.24, 2.45) is 0 Å². The van der Waals surface area contributed by atoms with Crippen LogP contribution in [0.5, 0.6) is 0 Å². The molecule has 1 saturated heterocycles. The Morgan fingerprint density at radius 1 is 1.26 bits per heavy atom. The summed E-state index contributed by atoms with van der Waals surface area (Å²) in [6, 6.07) is 12.9. The van der Waals surface area contributed by atoms with Crippen molar-refractivity contribution < 1.29 is 14.3 Å². The smallest absolute Gasteiger partial charge is 0.320 e. The first-order valence-corrected chi connectivity index (χ1v) is 10.8. The highest BCUT2D eigenvalue weighted by molar-refractivity contribution is 6.00. The van der Waals surface area contributed by atoms with Gasteiger partial charge in [-0.2, -0.15) is 0 Å². The Balaban J connectivity index is 1.38. The molecule has 8 heteroatoms. The zero-order valence-corrected chi connectivity index (χ0v) is 19.0. The van der Waals surface area contributed by atoms with E-state index in [2.05, 4.69) is 26.5 Å². The van der Waals surface area contributed by atoms with Gasteiger partial charge in [0.2, 0.25) is 11.9 Å². The average molecular weight is 456 g/mol. The monoisotopic (exact) mass is 455 g/mol. The molecule has 0 aliphatic carbocycles. The molecule has 0 saturated carbocycles. The van der Waals surface area contributed by atoms with Gasteiger partial charge in [-0.05, 0) is 50.2 Å². The SMILES string of the molecule is C#Cc1cccc(Nc2ncc3cc(NC(=O)C=CCN4CC(=O)OCC4(C)C)ccc3n2)c1. The number of hydrogen-bond acceptors (Lipinski definition) is 7. The normalized spacial score (nSPS) is 15.6. The number of fused-ring (bicyclic) bond motifs is 1. The molecule has 1 fully saturated rings. The molecule has 2 aromatic carbocycles. The first-order chi connectivity index (χ1) is 16.3. The van der Waals surface area contributed by atoms with Gasteiger partial charge in [0.25, 0.3) is 0 Å². The molecule has 0 radical (unpaired) electrons. The summed E-state index contributed by atoms with van der Waals surface area (Å²) >= 11 is 0. The van der Waals surface area contributed by atoms with Crippen LogP contribution in [0.25, 0.3) is 10.9 Å². The second-order valence-corrected chi connectivity index (χ2v) is 8.56. The molecule has 2 N–H and O–H groups in total. The number of hydrogen-bond donors (Lipinski definition) is 2. The van der Waals surface area contributed by atoms with Gasteiger partial charge in [0.15, 0.2) is 0 Å². The number of carbonyl (C=O) groups excluding carboxylic acids is 2. The minimum Gasteiger partial charge on any atom is -0.463 e. The number of amides is 1. The van der Waals surface area contributed by atoms with Crippen LogP contribution in [-0.2, 0) is 14.3 Å². The van der Waals surface area contributed by atoms with Crippen LogP contribution >= 0.6 is 0 Å². The molecule has 3 aromatic rings. The minimum atomic E-state index is -0.273. The van der Waals surface area contributed by atoms with Crippen molar-refractivity contribution in [2.75, 3.05) is 30.3 Å². The topological polar surface area (TPSA) is 96.5 Å². The highest BCUT2D eigenvalue weighted by Gasteiger charge is 2.33. The van der Waals surface area contributed by atoms with Gasteiger partial charge in [-0.1, -0.05) is 18.1 Å². The van der Waals surface area contributed by atoms with Crippen LogP contribution in [0, 0.1) is 12.3 Å². The fourth-order valence-electron chi connectivity index (χ4n) is 3.53. The van der Waals surface area contributed by atoms with Crippen LogP contribution in [0.15, 0.2) is 60.8 Å². The van der Waals surface area contributed by atoms with E-state index in [1.807, 2.05) is 55.1 Å². The first kappa shape index (κ1) is 23.0. The molecule has 2 heterocycles. The van der Waals surface area contributed by atoms with Gasteiger partial charge in [-0.3, -0.25) is 14.5 Å². The van der Waals surface area contributed by atoms with E-state index in [4.69, 9.17) is 11.2 Å². The molecule has 0 unspecified atom stereocenters. The number of aromatic nitrogens is 2. The second kappa shape index (κ2) is 9.73. The van der Waals surface area contributed by atoms with Gasteiger partial charge in [0.1, 0.15) is 6.61 Å². The molecule has 0 atom stereocenters. The zero-order chi connectivity index (χ0) is 24.1. The molecule has 34 heavy (non-hydrogen) atoms. The number of nitrogens with one attached hydrogen (secondary N) is 2. The molecule has 0 bridgehead atoms. The van der Waals surface area contributed by atoms with E-state index in [0.717, 1.165) is 22.2 Å². The number of benzene rings is 2. The van der Waals surface area contributed by atoms with Crippen LogP contribution in [0.4, 0.5) is 17.3 Å². The summed E-state index contributed by atoms with van der Waals surface area (Å²) in [5.41, 5.74) is 2.66. The third-order valence-corrected chi connectivity index (χ3v) is 5.49. The second-order valence-electron chi connectivity index (χ2n) is 8.56. The van der Waals surface area contributed by atoms with Gasteiger partial charge < -0.3 is 15.4 Å². The van der Waals surface area contributed by atoms with Crippen LogP contribution in [0.2, 0.25) is 0 Å². The van der Waals surface area contributed by atoms with Crippen LogP contribution in [0.1, 0.15) is 19.4 Å². The van der Waals surface area contributed by atoms with Gasteiger partial charge in [0.05, 0.1) is 17.6 Å². The summed E-state index contributed by atoms with van der Waals surface area (Å²) in [6.07, 6.45) is 10.4. The number of carbonyl (C=O) groups is 2. The van der Waals surface area contributed by atoms with E-state index >= 15 is 0 Å². The third kappa shape index (κ3) is 5.57. The average Bonchev–Trinajstić information content (AvgIpc) is 2.81. The Morgan fingerprint density at radius 3 is 2.94 bits per heavy atom. The van der Waals surface area contributed by atoms with Crippen molar-refractivity contribution in [1.82, 2.24) is 14.9 Å². The largest absolute Gasteiger partial charge is 0.463 e. The molecule has 8 nitrogen and oxygen atoms in total. The number of cyclic esters (lactones) is 1. The Morgan fingerprint density at radius 2 is 2.12 bits per heavy atom. The predicted molar refractivity (Wildman–Crippen MR) is 132 cm³/mol. The first-order valence-electron chi connectivity index (χ1n) is 10.8. The summed E-state index contributed by atoms with van der Waals surface area (Å²) in [5, 5.41) is 6.78. The van der Waals surface area contributed by atoms with E-state index in [1.54, 1.807) is 18.3 Å². The van der Waals surface area contributed by atoms with E-state index in [0.29, 0.717) is 24.8 Å². The highest BCUT2D eigenvalue weighted by atomic mass is 16.5. The van der Waals surface area contributed by atoms with Crippen molar-refractivity contribution in [3.8, 4) is 12.3 Å². The molecular formula is C26H25N5O3. The van der Waals surface area contributed by atoms with Crippen molar-refractivity contribution in [2.45, 2.75) is 19.4 Å². The van der Waals surface area contributed by atoms with Crippen LogP contribution in [0.3, 0.4) is 0 Å². The van der Waals surface area contributed by atoms with Crippen molar-refractivity contribution in [3.05, 3.63) is 66.4 Å². The fraction of sp³-hybridized carbons (Fsp3) is 0.231. The van der Waals surface area contributed by atoms with Crippen LogP contribution in [-0.4, -0.2) is 52.0 Å². The molecule has 1 aliphatic heterocycles. The lowest BCUT2D eigenvalue weighted by Crippen LogP contribution is -2.54. The van der Waals surface area contributed by atoms with Crippen molar-refractivity contribution in [3.63, 3.8) is 0 Å². The maximum Gasteiger partial charge on any atom is 0.320 e. The maximum absolute atomic E-state index is 12.4. The molecular weight excluding hydrogens is 430 g/mol. The number of nitrogens with zero attached hydrogens (tertiary/aromatic N) is 3. The fourth-order valence-corrected chi connectivity index (χ4v) is 3.53. The summed E-state index contributed by atoms with van der Waals surface area (Å²) in [5.74, 6) is 2.53. The van der Waals surface area contributed by atoms with E-state index in [-0.39, 0.29) is 24.0 Å². The molecule has 172 valence electrons. The number of ether oxygens (including phenoxy) is 1. The predicted octanol–water partition coefficient (Wildman–Crippen LogP) is 3.49. The number of terminal acetylenes is 1. The van der Waals surface area contributed by atoms with Gasteiger partial charge in [0, 0.05) is 41.1 Å². The van der Waals surface area contributed by atoms with Gasteiger partial charge in [-0.25, -0.2) is 9.97 Å². The molecule has 1 aromatic heterocycles. The van der Waals surface area contributed by atoms with E-state index < -0.39 is 0 Å². The Hall–Kier alpha value is -4.22. The third-order valence-electron chi connectivity index (χ3n) is 5.49. The summed E-state index contributed by atoms with van der Waals surface area (Å²) < 4.78 is 5.11. The lowest BCUT2D eigenvalue weighted by Gasteiger charge is -2.40. The van der Waals surface area contributed by atoms with Crippen LogP contribution < -0.4 is 10.6 Å². The minimum absolute atomic E-state index is 0.204. The van der Waals surface area contributed by atoms with Gasteiger partial charge >= 0.3 is 5.97 Å². The van der Waals surface area contributed by atoms with Crippen molar-refractivity contribution >= 4 is 40.1 Å². The lowest BCUT2D eigenvalue weighted by molar-refractivity contribution is -0.159. The zero-order valence-electron chi connectivity index (χ0n) is 19.0. The maximum atomic E-state index is 12.4. The molecule has 1 aliphatic rings.